The Morgan fingerprint density at radius 1 is 1.38 bits per heavy atom. The van der Waals surface area contributed by atoms with Gasteiger partial charge in [-0.15, -0.1) is 0 Å². The largest absolute Gasteiger partial charge is 0.380 e. The van der Waals surface area contributed by atoms with E-state index in [1.54, 1.807) is 18.3 Å². The van der Waals surface area contributed by atoms with E-state index in [0.29, 0.717) is 17.4 Å². The normalized spacial score (nSPS) is 10.1. The number of carbonyl (C=O) groups excluding carboxylic acids is 1. The number of carbonyl (C=O) groups is 1. The van der Waals surface area contributed by atoms with E-state index in [9.17, 15) is 14.9 Å². The molecule has 21 heavy (non-hydrogen) atoms. The third kappa shape index (κ3) is 3.67. The molecule has 0 unspecified atom stereocenters. The van der Waals surface area contributed by atoms with Crippen LogP contribution in [0.3, 0.4) is 0 Å². The molecule has 3 N–H and O–H groups in total. The molecule has 7 nitrogen and oxygen atoms in total. The maximum absolute atomic E-state index is 11.4. The standard InChI is InChI=1S/C13H11ClN4O3/c14-12-4-1-8(7-17-12)6-16-11-3-2-9(18(20)21)5-10(11)13(15)19/h1-5,7,16H,6H2,(H2,15,19). The number of hydrogen-bond donors (Lipinski definition) is 2. The molecule has 1 amide bonds. The summed E-state index contributed by atoms with van der Waals surface area (Å²) < 4.78 is 0. The predicted octanol–water partition coefficient (Wildman–Crippen LogP) is 2.35. The number of amides is 1. The predicted molar refractivity (Wildman–Crippen MR) is 78.2 cm³/mol. The molecule has 2 rings (SSSR count). The highest BCUT2D eigenvalue weighted by molar-refractivity contribution is 6.29. The Balaban J connectivity index is 2.21. The fourth-order valence-corrected chi connectivity index (χ4v) is 1.82. The third-order valence-corrected chi connectivity index (χ3v) is 2.97. The molecular formula is C13H11ClN4O3. The summed E-state index contributed by atoms with van der Waals surface area (Å²) in [6.07, 6.45) is 1.59. The summed E-state index contributed by atoms with van der Waals surface area (Å²) in [6.45, 7) is 0.377. The number of nitrogens with two attached hydrogens (primary N) is 1. The summed E-state index contributed by atoms with van der Waals surface area (Å²) in [7, 11) is 0. The SMILES string of the molecule is NC(=O)c1cc([N+](=O)[O-])ccc1NCc1ccc(Cl)nc1. The van der Waals surface area contributed by atoms with Gasteiger partial charge in [0.2, 0.25) is 0 Å². The van der Waals surface area contributed by atoms with Gasteiger partial charge in [0, 0.05) is 30.6 Å². The van der Waals surface area contributed by atoms with Crippen molar-refractivity contribution in [1.29, 1.82) is 0 Å². The van der Waals surface area contributed by atoms with E-state index >= 15 is 0 Å². The molecule has 0 aliphatic carbocycles. The second-order valence-electron chi connectivity index (χ2n) is 4.19. The van der Waals surface area contributed by atoms with E-state index in [2.05, 4.69) is 10.3 Å². The minimum atomic E-state index is -0.740. The summed E-state index contributed by atoms with van der Waals surface area (Å²) in [6, 6.07) is 7.31. The number of benzene rings is 1. The summed E-state index contributed by atoms with van der Waals surface area (Å²) in [5, 5.41) is 14.1. The lowest BCUT2D eigenvalue weighted by Crippen LogP contribution is -2.15. The molecule has 0 atom stereocenters. The van der Waals surface area contributed by atoms with Gasteiger partial charge in [-0.05, 0) is 17.7 Å². The van der Waals surface area contributed by atoms with Crippen LogP contribution in [0.2, 0.25) is 5.15 Å². The molecule has 0 fully saturated rings. The summed E-state index contributed by atoms with van der Waals surface area (Å²) >= 11 is 5.69. The number of anilines is 1. The topological polar surface area (TPSA) is 111 Å². The Morgan fingerprint density at radius 2 is 2.14 bits per heavy atom. The van der Waals surface area contributed by atoms with Crippen LogP contribution in [0.15, 0.2) is 36.5 Å². The number of aromatic nitrogens is 1. The summed E-state index contributed by atoms with van der Waals surface area (Å²) in [5.74, 6) is -0.740. The Labute approximate surface area is 124 Å². The quantitative estimate of drug-likeness (QED) is 0.500. The Kier molecular flexibility index (Phi) is 4.34. The van der Waals surface area contributed by atoms with Crippen molar-refractivity contribution >= 4 is 28.9 Å². The first kappa shape index (κ1) is 14.7. The molecule has 1 heterocycles. The van der Waals surface area contributed by atoms with Crippen LogP contribution in [-0.2, 0) is 6.54 Å². The second-order valence-corrected chi connectivity index (χ2v) is 4.58. The van der Waals surface area contributed by atoms with Crippen molar-refractivity contribution in [2.75, 3.05) is 5.32 Å². The van der Waals surface area contributed by atoms with E-state index in [4.69, 9.17) is 17.3 Å². The van der Waals surface area contributed by atoms with Crippen molar-refractivity contribution in [3.63, 3.8) is 0 Å². The first-order valence-electron chi connectivity index (χ1n) is 5.90. The molecule has 0 aliphatic rings. The van der Waals surface area contributed by atoms with Gasteiger partial charge in [-0.1, -0.05) is 17.7 Å². The van der Waals surface area contributed by atoms with Gasteiger partial charge in [-0.2, -0.15) is 0 Å². The number of nitro benzene ring substituents is 1. The van der Waals surface area contributed by atoms with Crippen LogP contribution in [0.4, 0.5) is 11.4 Å². The Morgan fingerprint density at radius 3 is 2.71 bits per heavy atom. The number of non-ortho nitro benzene ring substituents is 1. The second kappa shape index (κ2) is 6.19. The van der Waals surface area contributed by atoms with Gasteiger partial charge in [0.05, 0.1) is 10.5 Å². The molecule has 0 aliphatic heterocycles. The smallest absolute Gasteiger partial charge is 0.270 e. The zero-order valence-corrected chi connectivity index (χ0v) is 11.5. The molecule has 2 aromatic rings. The molecule has 0 saturated carbocycles. The van der Waals surface area contributed by atoms with Crippen LogP contribution in [0.1, 0.15) is 15.9 Å². The third-order valence-electron chi connectivity index (χ3n) is 2.75. The van der Waals surface area contributed by atoms with Gasteiger partial charge in [0.15, 0.2) is 0 Å². The molecule has 0 bridgehead atoms. The van der Waals surface area contributed by atoms with E-state index in [1.165, 1.54) is 12.1 Å². The average Bonchev–Trinajstić information content (AvgIpc) is 2.46. The molecule has 0 spiro atoms. The monoisotopic (exact) mass is 306 g/mol. The van der Waals surface area contributed by atoms with Crippen LogP contribution in [0, 0.1) is 10.1 Å². The van der Waals surface area contributed by atoms with Crippen LogP contribution in [-0.4, -0.2) is 15.8 Å². The van der Waals surface area contributed by atoms with Crippen molar-refractivity contribution in [1.82, 2.24) is 4.98 Å². The van der Waals surface area contributed by atoms with E-state index < -0.39 is 10.8 Å². The van der Waals surface area contributed by atoms with Crippen molar-refractivity contribution in [3.8, 4) is 0 Å². The van der Waals surface area contributed by atoms with Gasteiger partial charge < -0.3 is 11.1 Å². The molecule has 8 heteroatoms. The van der Waals surface area contributed by atoms with Crippen LogP contribution in [0.5, 0.6) is 0 Å². The van der Waals surface area contributed by atoms with Gasteiger partial charge in [-0.3, -0.25) is 14.9 Å². The summed E-state index contributed by atoms with van der Waals surface area (Å²) in [5.41, 5.74) is 6.37. The Bertz CT molecular complexity index is 688. The van der Waals surface area contributed by atoms with Crippen molar-refractivity contribution in [3.05, 3.63) is 62.9 Å². The first-order valence-corrected chi connectivity index (χ1v) is 6.27. The van der Waals surface area contributed by atoms with Gasteiger partial charge >= 0.3 is 0 Å². The number of nitrogens with one attached hydrogen (secondary N) is 1. The van der Waals surface area contributed by atoms with Crippen LogP contribution >= 0.6 is 11.6 Å². The van der Waals surface area contributed by atoms with Crippen molar-refractivity contribution < 1.29 is 9.72 Å². The number of pyridine rings is 1. The lowest BCUT2D eigenvalue weighted by atomic mass is 10.1. The molecule has 108 valence electrons. The number of rotatable bonds is 5. The van der Waals surface area contributed by atoms with Crippen molar-refractivity contribution in [2.24, 2.45) is 5.73 Å². The van der Waals surface area contributed by atoms with Gasteiger partial charge in [0.1, 0.15) is 5.15 Å². The summed E-state index contributed by atoms with van der Waals surface area (Å²) in [4.78, 5) is 25.4. The molecule has 1 aromatic heterocycles. The molecule has 0 radical (unpaired) electrons. The van der Waals surface area contributed by atoms with E-state index in [1.807, 2.05) is 0 Å². The lowest BCUT2D eigenvalue weighted by molar-refractivity contribution is -0.384. The van der Waals surface area contributed by atoms with E-state index in [-0.39, 0.29) is 11.3 Å². The minimum absolute atomic E-state index is 0.0612. The fourth-order valence-electron chi connectivity index (χ4n) is 1.71. The Hall–Kier alpha value is -2.67. The van der Waals surface area contributed by atoms with Gasteiger partial charge in [-0.25, -0.2) is 4.98 Å². The van der Waals surface area contributed by atoms with Crippen LogP contribution < -0.4 is 11.1 Å². The minimum Gasteiger partial charge on any atom is -0.380 e. The number of nitrogens with zero attached hydrogens (tertiary/aromatic N) is 2. The number of primary amides is 1. The fraction of sp³-hybridized carbons (Fsp3) is 0.0769. The number of hydrogen-bond acceptors (Lipinski definition) is 5. The lowest BCUT2D eigenvalue weighted by Gasteiger charge is -2.10. The van der Waals surface area contributed by atoms with Crippen molar-refractivity contribution in [2.45, 2.75) is 6.54 Å². The highest BCUT2D eigenvalue weighted by Gasteiger charge is 2.14. The molecular weight excluding hydrogens is 296 g/mol. The van der Waals surface area contributed by atoms with E-state index in [0.717, 1.165) is 11.6 Å². The zero-order valence-electron chi connectivity index (χ0n) is 10.7. The molecule has 1 aromatic carbocycles. The first-order chi connectivity index (χ1) is 9.97. The van der Waals surface area contributed by atoms with Gasteiger partial charge in [0.25, 0.3) is 11.6 Å². The van der Waals surface area contributed by atoms with Crippen LogP contribution in [0.25, 0.3) is 0 Å². The molecule has 0 saturated heterocycles. The number of nitro groups is 1. The average molecular weight is 307 g/mol. The maximum Gasteiger partial charge on any atom is 0.270 e. The zero-order chi connectivity index (χ0) is 15.4. The maximum atomic E-state index is 11.4. The number of halogens is 1. The highest BCUT2D eigenvalue weighted by atomic mass is 35.5. The highest BCUT2D eigenvalue weighted by Crippen LogP contribution is 2.22.